The van der Waals surface area contributed by atoms with Crippen LogP contribution in [0.3, 0.4) is 0 Å². The number of anilines is 1. The zero-order valence-electron chi connectivity index (χ0n) is 19.7. The first-order valence-electron chi connectivity index (χ1n) is 11.0. The standard InChI is InChI=1S/C24H31N5O4/c1-6-29(7-2)11-10-26-24(32)19-13(3)17(27-14(19)4)12-15-20-16(28-23(15)31)8-9-18(33-5)21(20)22(25)30/h8-9,12,27H,6-7,10-11H2,1-5H3,(H2,25,30)(H,26,32)(H,28,31)/b15-12-. The number of carbonyl (C=O) groups is 3. The van der Waals surface area contributed by atoms with E-state index in [-0.39, 0.29) is 28.7 Å². The van der Waals surface area contributed by atoms with E-state index in [2.05, 4.69) is 34.4 Å². The van der Waals surface area contributed by atoms with Crippen molar-refractivity contribution in [3.05, 3.63) is 45.8 Å². The second-order valence-electron chi connectivity index (χ2n) is 7.89. The number of likely N-dealkylation sites (N-methyl/N-ethyl adjacent to an activating group) is 1. The molecule has 1 aromatic heterocycles. The van der Waals surface area contributed by atoms with E-state index in [0.717, 1.165) is 19.6 Å². The van der Waals surface area contributed by atoms with Gasteiger partial charge in [-0.25, -0.2) is 0 Å². The van der Waals surface area contributed by atoms with Crippen molar-refractivity contribution < 1.29 is 19.1 Å². The second-order valence-corrected chi connectivity index (χ2v) is 7.89. The van der Waals surface area contributed by atoms with Gasteiger partial charge in [0.15, 0.2) is 0 Å². The fourth-order valence-electron chi connectivity index (χ4n) is 4.18. The maximum Gasteiger partial charge on any atom is 0.256 e. The molecular formula is C24H31N5O4. The number of hydrogen-bond acceptors (Lipinski definition) is 5. The van der Waals surface area contributed by atoms with E-state index in [1.54, 1.807) is 18.2 Å². The zero-order chi connectivity index (χ0) is 24.3. The van der Waals surface area contributed by atoms with Gasteiger partial charge < -0.3 is 31.0 Å². The number of benzene rings is 1. The molecular weight excluding hydrogens is 422 g/mol. The molecule has 0 saturated carbocycles. The molecule has 0 saturated heterocycles. The Balaban J connectivity index is 1.96. The molecule has 5 N–H and O–H groups in total. The molecule has 0 fully saturated rings. The van der Waals surface area contributed by atoms with Crippen LogP contribution < -0.4 is 21.1 Å². The number of nitrogens with two attached hydrogens (primary N) is 1. The van der Waals surface area contributed by atoms with Gasteiger partial charge in [-0.1, -0.05) is 13.8 Å². The topological polar surface area (TPSA) is 130 Å². The highest BCUT2D eigenvalue weighted by molar-refractivity contribution is 6.36. The largest absolute Gasteiger partial charge is 0.496 e. The summed E-state index contributed by atoms with van der Waals surface area (Å²) in [5.74, 6) is -0.943. The van der Waals surface area contributed by atoms with Crippen LogP contribution in [0.2, 0.25) is 0 Å². The van der Waals surface area contributed by atoms with Crippen LogP contribution in [0.1, 0.15) is 57.1 Å². The quantitative estimate of drug-likeness (QED) is 0.433. The van der Waals surface area contributed by atoms with Crippen molar-refractivity contribution in [1.82, 2.24) is 15.2 Å². The van der Waals surface area contributed by atoms with Gasteiger partial charge in [-0.2, -0.15) is 0 Å². The smallest absolute Gasteiger partial charge is 0.256 e. The van der Waals surface area contributed by atoms with E-state index in [9.17, 15) is 14.4 Å². The number of methoxy groups -OCH3 is 1. The van der Waals surface area contributed by atoms with Crippen LogP contribution in [-0.2, 0) is 4.79 Å². The Kier molecular flexibility index (Phi) is 7.23. The number of hydrogen-bond donors (Lipinski definition) is 4. The Morgan fingerprint density at radius 1 is 1.18 bits per heavy atom. The Morgan fingerprint density at radius 3 is 2.48 bits per heavy atom. The summed E-state index contributed by atoms with van der Waals surface area (Å²) in [5, 5.41) is 5.73. The minimum atomic E-state index is -0.696. The van der Waals surface area contributed by atoms with Crippen LogP contribution in [0.25, 0.3) is 11.6 Å². The number of nitrogens with one attached hydrogen (secondary N) is 3. The normalized spacial score (nSPS) is 13.9. The monoisotopic (exact) mass is 453 g/mol. The van der Waals surface area contributed by atoms with Crippen molar-refractivity contribution in [3.63, 3.8) is 0 Å². The number of aryl methyl sites for hydroxylation is 1. The van der Waals surface area contributed by atoms with Gasteiger partial charge >= 0.3 is 0 Å². The van der Waals surface area contributed by atoms with E-state index < -0.39 is 5.91 Å². The summed E-state index contributed by atoms with van der Waals surface area (Å²) < 4.78 is 5.28. The molecule has 0 aliphatic carbocycles. The number of ether oxygens (including phenoxy) is 1. The first kappa shape index (κ1) is 24.1. The third kappa shape index (κ3) is 4.63. The summed E-state index contributed by atoms with van der Waals surface area (Å²) >= 11 is 0. The van der Waals surface area contributed by atoms with Crippen molar-refractivity contribution in [3.8, 4) is 5.75 Å². The second kappa shape index (κ2) is 9.91. The molecule has 2 heterocycles. The summed E-state index contributed by atoms with van der Waals surface area (Å²) in [4.78, 5) is 43.2. The molecule has 0 atom stereocenters. The molecule has 0 unspecified atom stereocenters. The van der Waals surface area contributed by atoms with Gasteiger partial charge in [-0.15, -0.1) is 0 Å². The van der Waals surface area contributed by atoms with E-state index in [1.807, 2.05) is 13.8 Å². The number of carbonyl (C=O) groups excluding carboxylic acids is 3. The van der Waals surface area contributed by atoms with Crippen LogP contribution in [0, 0.1) is 13.8 Å². The number of rotatable bonds is 9. The Labute approximate surface area is 193 Å². The summed E-state index contributed by atoms with van der Waals surface area (Å²) in [6.07, 6.45) is 1.64. The predicted molar refractivity (Wildman–Crippen MR) is 128 cm³/mol. The molecule has 1 aromatic carbocycles. The number of aromatic nitrogens is 1. The van der Waals surface area contributed by atoms with E-state index >= 15 is 0 Å². The van der Waals surface area contributed by atoms with Gasteiger partial charge in [0.05, 0.1) is 29.5 Å². The number of H-pyrrole nitrogens is 1. The maximum absolute atomic E-state index is 12.9. The molecule has 9 heteroatoms. The lowest BCUT2D eigenvalue weighted by Gasteiger charge is -2.18. The SMILES string of the molecule is CCN(CC)CCNC(=O)c1c(C)[nH]c(/C=C2\C(=O)Nc3ccc(OC)c(C(N)=O)c32)c1C. The highest BCUT2D eigenvalue weighted by Crippen LogP contribution is 2.40. The van der Waals surface area contributed by atoms with Gasteiger partial charge in [0, 0.05) is 30.0 Å². The molecule has 0 bridgehead atoms. The van der Waals surface area contributed by atoms with Crippen LogP contribution >= 0.6 is 0 Å². The average molecular weight is 454 g/mol. The van der Waals surface area contributed by atoms with Gasteiger partial charge in [0.2, 0.25) is 0 Å². The molecule has 176 valence electrons. The Bertz CT molecular complexity index is 1130. The van der Waals surface area contributed by atoms with Crippen LogP contribution in [0.5, 0.6) is 5.75 Å². The van der Waals surface area contributed by atoms with E-state index in [1.165, 1.54) is 7.11 Å². The van der Waals surface area contributed by atoms with Crippen molar-refractivity contribution in [2.75, 3.05) is 38.6 Å². The number of primary amides is 1. The van der Waals surface area contributed by atoms with Crippen LogP contribution in [0.4, 0.5) is 5.69 Å². The number of aromatic amines is 1. The minimum absolute atomic E-state index is 0.134. The Morgan fingerprint density at radius 2 is 1.88 bits per heavy atom. The van der Waals surface area contributed by atoms with Crippen LogP contribution in [-0.4, -0.2) is 60.9 Å². The lowest BCUT2D eigenvalue weighted by molar-refractivity contribution is -0.110. The molecule has 1 aliphatic rings. The summed E-state index contributed by atoms with van der Waals surface area (Å²) in [6.45, 7) is 11.0. The van der Waals surface area contributed by atoms with Gasteiger partial charge in [-0.3, -0.25) is 14.4 Å². The summed E-state index contributed by atoms with van der Waals surface area (Å²) in [6, 6.07) is 3.26. The fourth-order valence-corrected chi connectivity index (χ4v) is 4.18. The molecule has 0 spiro atoms. The number of nitrogens with zero attached hydrogens (tertiary/aromatic N) is 1. The van der Waals surface area contributed by atoms with Gasteiger partial charge in [0.25, 0.3) is 17.7 Å². The molecule has 0 radical (unpaired) electrons. The average Bonchev–Trinajstić information content (AvgIpc) is 3.25. The lowest BCUT2D eigenvalue weighted by atomic mass is 9.97. The fraction of sp³-hybridized carbons (Fsp3) is 0.375. The minimum Gasteiger partial charge on any atom is -0.496 e. The van der Waals surface area contributed by atoms with E-state index in [4.69, 9.17) is 10.5 Å². The third-order valence-electron chi connectivity index (χ3n) is 6.00. The summed E-state index contributed by atoms with van der Waals surface area (Å²) in [7, 11) is 1.44. The first-order chi connectivity index (χ1) is 15.7. The lowest BCUT2D eigenvalue weighted by Crippen LogP contribution is -2.35. The van der Waals surface area contributed by atoms with Gasteiger partial charge in [-0.05, 0) is 50.7 Å². The van der Waals surface area contributed by atoms with Gasteiger partial charge in [0.1, 0.15) is 5.75 Å². The van der Waals surface area contributed by atoms with Crippen LogP contribution in [0.15, 0.2) is 12.1 Å². The van der Waals surface area contributed by atoms with Crippen molar-refractivity contribution in [1.29, 1.82) is 0 Å². The zero-order valence-corrected chi connectivity index (χ0v) is 19.7. The predicted octanol–water partition coefficient (Wildman–Crippen LogP) is 2.30. The summed E-state index contributed by atoms with van der Waals surface area (Å²) in [5.41, 5.74) is 9.44. The third-order valence-corrected chi connectivity index (χ3v) is 6.00. The molecule has 3 rings (SSSR count). The molecule has 3 amide bonds. The van der Waals surface area contributed by atoms with E-state index in [0.29, 0.717) is 40.3 Å². The maximum atomic E-state index is 12.9. The van der Waals surface area contributed by atoms with Crippen molar-refractivity contribution >= 4 is 35.1 Å². The molecule has 2 aromatic rings. The van der Waals surface area contributed by atoms with Crippen molar-refractivity contribution in [2.45, 2.75) is 27.7 Å². The first-order valence-corrected chi connectivity index (χ1v) is 11.0. The number of amides is 3. The van der Waals surface area contributed by atoms with Crippen molar-refractivity contribution in [2.24, 2.45) is 5.73 Å². The molecule has 1 aliphatic heterocycles. The molecule has 33 heavy (non-hydrogen) atoms. The highest BCUT2D eigenvalue weighted by atomic mass is 16.5. The Hall–Kier alpha value is -3.59. The highest BCUT2D eigenvalue weighted by Gasteiger charge is 2.31. The number of fused-ring (bicyclic) bond motifs is 1. The molecule has 9 nitrogen and oxygen atoms in total.